The lowest BCUT2D eigenvalue weighted by atomic mass is 10.0. The summed E-state index contributed by atoms with van der Waals surface area (Å²) in [4.78, 5) is 0. The quantitative estimate of drug-likeness (QED) is 0.789. The molecule has 0 aliphatic rings. The zero-order valence-corrected chi connectivity index (χ0v) is 12.3. The molecular formula is C14H11ClFIO. The summed E-state index contributed by atoms with van der Waals surface area (Å²) >= 11 is 8.13. The van der Waals surface area contributed by atoms with Crippen LogP contribution in [0.3, 0.4) is 0 Å². The summed E-state index contributed by atoms with van der Waals surface area (Å²) in [7, 11) is 0. The lowest BCUT2D eigenvalue weighted by Crippen LogP contribution is -2.04. The topological polar surface area (TPSA) is 20.2 Å². The van der Waals surface area contributed by atoms with Gasteiger partial charge in [-0.3, -0.25) is 0 Å². The van der Waals surface area contributed by atoms with E-state index in [0.717, 1.165) is 14.7 Å². The Bertz CT molecular complexity index is 559. The van der Waals surface area contributed by atoms with Gasteiger partial charge in [0.05, 0.1) is 6.10 Å². The maximum atomic E-state index is 12.9. The van der Waals surface area contributed by atoms with E-state index in [4.69, 9.17) is 11.6 Å². The molecule has 94 valence electrons. The summed E-state index contributed by atoms with van der Waals surface area (Å²) in [6.07, 6.45) is -0.264. The Balaban J connectivity index is 2.21. The van der Waals surface area contributed by atoms with E-state index in [0.29, 0.717) is 11.4 Å². The van der Waals surface area contributed by atoms with Crippen molar-refractivity contribution in [2.45, 2.75) is 12.5 Å². The van der Waals surface area contributed by atoms with Gasteiger partial charge in [0.15, 0.2) is 0 Å². The van der Waals surface area contributed by atoms with Crippen LogP contribution in [0.1, 0.15) is 17.2 Å². The molecule has 0 fully saturated rings. The first-order valence-electron chi connectivity index (χ1n) is 5.44. The first-order valence-corrected chi connectivity index (χ1v) is 6.90. The van der Waals surface area contributed by atoms with Crippen LogP contribution in [0.2, 0.25) is 5.02 Å². The second-order valence-electron chi connectivity index (χ2n) is 3.98. The van der Waals surface area contributed by atoms with E-state index in [1.54, 1.807) is 6.07 Å². The van der Waals surface area contributed by atoms with Gasteiger partial charge >= 0.3 is 0 Å². The third-order valence-corrected chi connectivity index (χ3v) is 4.03. The van der Waals surface area contributed by atoms with Crippen molar-refractivity contribution in [1.82, 2.24) is 0 Å². The molecule has 4 heteroatoms. The maximum absolute atomic E-state index is 12.9. The van der Waals surface area contributed by atoms with Gasteiger partial charge in [-0.25, -0.2) is 4.39 Å². The molecule has 0 saturated carbocycles. The van der Waals surface area contributed by atoms with Crippen LogP contribution in [-0.4, -0.2) is 5.11 Å². The fourth-order valence-corrected chi connectivity index (χ4v) is 2.74. The molecule has 2 aromatic rings. The average molecular weight is 377 g/mol. The van der Waals surface area contributed by atoms with Crippen molar-refractivity contribution in [1.29, 1.82) is 0 Å². The number of rotatable bonds is 3. The molecule has 0 bridgehead atoms. The molecule has 2 rings (SSSR count). The van der Waals surface area contributed by atoms with Crippen LogP contribution in [-0.2, 0) is 6.42 Å². The number of aliphatic hydroxyl groups is 1. The fourth-order valence-electron chi connectivity index (χ4n) is 1.75. The molecular weight excluding hydrogens is 366 g/mol. The SMILES string of the molecule is OC(Cc1ccc(F)cc1Cl)c1ccccc1I. The highest BCUT2D eigenvalue weighted by Gasteiger charge is 2.13. The van der Waals surface area contributed by atoms with Gasteiger partial charge in [0.1, 0.15) is 5.82 Å². The minimum absolute atomic E-state index is 0.347. The molecule has 1 N–H and O–H groups in total. The van der Waals surface area contributed by atoms with Crippen molar-refractivity contribution in [3.63, 3.8) is 0 Å². The Morgan fingerprint density at radius 3 is 2.61 bits per heavy atom. The van der Waals surface area contributed by atoms with Gasteiger partial charge in [0, 0.05) is 15.0 Å². The van der Waals surface area contributed by atoms with Crippen molar-refractivity contribution in [3.8, 4) is 0 Å². The highest BCUT2D eigenvalue weighted by molar-refractivity contribution is 14.1. The first-order chi connectivity index (χ1) is 8.58. The standard InChI is InChI=1S/C14H11ClFIO/c15-12-8-10(16)6-5-9(12)7-14(18)11-3-1-2-4-13(11)17/h1-6,8,14,18H,7H2. The monoisotopic (exact) mass is 376 g/mol. The van der Waals surface area contributed by atoms with Crippen molar-refractivity contribution < 1.29 is 9.50 Å². The predicted octanol–water partition coefficient (Wildman–Crippen LogP) is 4.36. The van der Waals surface area contributed by atoms with Gasteiger partial charge in [-0.05, 0) is 51.9 Å². The van der Waals surface area contributed by atoms with Crippen molar-refractivity contribution >= 4 is 34.2 Å². The van der Waals surface area contributed by atoms with E-state index in [-0.39, 0.29) is 5.82 Å². The van der Waals surface area contributed by atoms with Crippen LogP contribution in [0.25, 0.3) is 0 Å². The minimum Gasteiger partial charge on any atom is -0.388 e. The molecule has 0 aliphatic carbocycles. The van der Waals surface area contributed by atoms with E-state index in [2.05, 4.69) is 22.6 Å². The molecule has 0 amide bonds. The largest absolute Gasteiger partial charge is 0.388 e. The Labute approximate surface area is 124 Å². The van der Waals surface area contributed by atoms with E-state index in [1.807, 2.05) is 24.3 Å². The highest BCUT2D eigenvalue weighted by Crippen LogP contribution is 2.26. The van der Waals surface area contributed by atoms with Gasteiger partial charge < -0.3 is 5.11 Å². The summed E-state index contributed by atoms with van der Waals surface area (Å²) in [6, 6.07) is 11.8. The molecule has 18 heavy (non-hydrogen) atoms. The van der Waals surface area contributed by atoms with Crippen LogP contribution < -0.4 is 0 Å². The van der Waals surface area contributed by atoms with Crippen LogP contribution >= 0.6 is 34.2 Å². The fraction of sp³-hybridized carbons (Fsp3) is 0.143. The zero-order chi connectivity index (χ0) is 13.1. The average Bonchev–Trinajstić information content (AvgIpc) is 2.33. The van der Waals surface area contributed by atoms with Crippen LogP contribution in [0.4, 0.5) is 4.39 Å². The lowest BCUT2D eigenvalue weighted by molar-refractivity contribution is 0.177. The number of halogens is 3. The number of hydrogen-bond acceptors (Lipinski definition) is 1. The Morgan fingerprint density at radius 1 is 1.22 bits per heavy atom. The summed E-state index contributed by atoms with van der Waals surface area (Å²) in [5.74, 6) is -0.368. The molecule has 0 heterocycles. The van der Waals surface area contributed by atoms with E-state index in [9.17, 15) is 9.50 Å². The van der Waals surface area contributed by atoms with E-state index in [1.165, 1.54) is 12.1 Å². The third kappa shape index (κ3) is 3.22. The molecule has 1 nitrogen and oxygen atoms in total. The van der Waals surface area contributed by atoms with Crippen LogP contribution in [0, 0.1) is 9.39 Å². The Morgan fingerprint density at radius 2 is 1.94 bits per heavy atom. The molecule has 0 radical (unpaired) electrons. The summed E-state index contributed by atoms with van der Waals surface area (Å²) in [6.45, 7) is 0. The maximum Gasteiger partial charge on any atom is 0.124 e. The van der Waals surface area contributed by atoms with Gasteiger partial charge in [-0.2, -0.15) is 0 Å². The number of aliphatic hydroxyl groups excluding tert-OH is 1. The van der Waals surface area contributed by atoms with Gasteiger partial charge in [0.2, 0.25) is 0 Å². The van der Waals surface area contributed by atoms with E-state index >= 15 is 0 Å². The molecule has 0 saturated heterocycles. The summed E-state index contributed by atoms with van der Waals surface area (Å²) < 4.78 is 13.9. The van der Waals surface area contributed by atoms with Crippen molar-refractivity contribution in [2.75, 3.05) is 0 Å². The smallest absolute Gasteiger partial charge is 0.124 e. The molecule has 0 spiro atoms. The molecule has 1 atom stereocenters. The molecule has 0 aromatic heterocycles. The minimum atomic E-state index is -0.638. The number of benzene rings is 2. The van der Waals surface area contributed by atoms with Crippen LogP contribution in [0.15, 0.2) is 42.5 Å². The van der Waals surface area contributed by atoms with Gasteiger partial charge in [-0.1, -0.05) is 35.9 Å². The Kier molecular flexibility index (Phi) is 4.59. The molecule has 0 aliphatic heterocycles. The van der Waals surface area contributed by atoms with Gasteiger partial charge in [-0.15, -0.1) is 0 Å². The summed E-state index contributed by atoms with van der Waals surface area (Å²) in [5.41, 5.74) is 1.60. The molecule has 2 aromatic carbocycles. The second-order valence-corrected chi connectivity index (χ2v) is 5.55. The van der Waals surface area contributed by atoms with Crippen LogP contribution in [0.5, 0.6) is 0 Å². The van der Waals surface area contributed by atoms with Crippen molar-refractivity contribution in [2.24, 2.45) is 0 Å². The Hall–Kier alpha value is -0.650. The number of hydrogen-bond donors (Lipinski definition) is 1. The normalized spacial score (nSPS) is 12.4. The first kappa shape index (κ1) is 13.8. The van der Waals surface area contributed by atoms with Gasteiger partial charge in [0.25, 0.3) is 0 Å². The van der Waals surface area contributed by atoms with Crippen molar-refractivity contribution in [3.05, 3.63) is 68.0 Å². The van der Waals surface area contributed by atoms with E-state index < -0.39 is 6.10 Å². The highest BCUT2D eigenvalue weighted by atomic mass is 127. The molecule has 1 unspecified atom stereocenters. The zero-order valence-electron chi connectivity index (χ0n) is 9.41. The predicted molar refractivity (Wildman–Crippen MR) is 79.2 cm³/mol. The second kappa shape index (κ2) is 5.99. The lowest BCUT2D eigenvalue weighted by Gasteiger charge is -2.13. The third-order valence-electron chi connectivity index (χ3n) is 2.69. The summed E-state index contributed by atoms with van der Waals surface area (Å²) in [5, 5.41) is 10.5.